The highest BCUT2D eigenvalue weighted by Crippen LogP contribution is 2.70. The molecule has 3 aliphatic heterocycles. The molecule has 3 heterocycles. The monoisotopic (exact) mass is 740 g/mol. The lowest BCUT2D eigenvalue weighted by Gasteiger charge is -2.60. The van der Waals surface area contributed by atoms with Crippen molar-refractivity contribution >= 4 is 0 Å². The average molecular weight is 741 g/mol. The van der Waals surface area contributed by atoms with E-state index < -0.39 is 85.3 Å². The normalized spacial score (nSPS) is 54.5. The molecule has 7 rings (SSSR count). The van der Waals surface area contributed by atoms with Crippen molar-refractivity contribution in [2.75, 3.05) is 19.8 Å². The van der Waals surface area contributed by atoms with Gasteiger partial charge in [0.05, 0.1) is 38.1 Å². The summed E-state index contributed by atoms with van der Waals surface area (Å²) in [7, 11) is 0. The first kappa shape index (κ1) is 39.2. The fourth-order valence-electron chi connectivity index (χ4n) is 11.7. The van der Waals surface area contributed by atoms with E-state index >= 15 is 0 Å². The summed E-state index contributed by atoms with van der Waals surface area (Å²) in [6.07, 6.45) is -5.64. The first-order valence-corrected chi connectivity index (χ1v) is 19.2. The first-order chi connectivity index (χ1) is 24.5. The number of ether oxygens (including phenoxy) is 5. The zero-order valence-electron chi connectivity index (χ0n) is 30.4. The van der Waals surface area contributed by atoms with Gasteiger partial charge in [-0.2, -0.15) is 0 Å². The van der Waals surface area contributed by atoms with Crippen LogP contribution in [0.5, 0.6) is 0 Å². The van der Waals surface area contributed by atoms with Gasteiger partial charge in [0.2, 0.25) is 0 Å². The average Bonchev–Trinajstić information content (AvgIpc) is 3.55. The number of hydrogen-bond donors (Lipinski definition) is 9. The number of fused-ring (bicyclic) bond motifs is 7. The van der Waals surface area contributed by atoms with E-state index in [1.807, 2.05) is 0 Å². The van der Waals surface area contributed by atoms with Crippen LogP contribution in [0.3, 0.4) is 0 Å². The number of aliphatic hydroxyl groups excluding tert-OH is 8. The maximum Gasteiger partial charge on any atom is 0.187 e. The van der Waals surface area contributed by atoms with Crippen molar-refractivity contribution in [1.82, 2.24) is 0 Å². The van der Waals surface area contributed by atoms with Gasteiger partial charge in [-0.1, -0.05) is 44.6 Å². The second kappa shape index (κ2) is 14.5. The van der Waals surface area contributed by atoms with Crippen LogP contribution < -0.4 is 0 Å². The van der Waals surface area contributed by atoms with Gasteiger partial charge in [0.1, 0.15) is 42.7 Å². The zero-order valence-corrected chi connectivity index (χ0v) is 30.4. The Bertz CT molecular complexity index is 1340. The van der Waals surface area contributed by atoms with Crippen LogP contribution in [0.25, 0.3) is 0 Å². The molecule has 14 nitrogen and oxygen atoms in total. The summed E-state index contributed by atoms with van der Waals surface area (Å²) in [5, 5.41) is 93.7. The summed E-state index contributed by atoms with van der Waals surface area (Å²) in [6, 6.07) is 0. The molecule has 14 heteroatoms. The fourth-order valence-corrected chi connectivity index (χ4v) is 11.7. The van der Waals surface area contributed by atoms with Gasteiger partial charge < -0.3 is 69.6 Å². The second-order valence-electron chi connectivity index (χ2n) is 17.4. The van der Waals surface area contributed by atoms with E-state index in [1.54, 1.807) is 0 Å². The second-order valence-corrected chi connectivity index (χ2v) is 17.4. The smallest absolute Gasteiger partial charge is 0.187 e. The van der Waals surface area contributed by atoms with Crippen molar-refractivity contribution in [3.05, 3.63) is 23.8 Å². The van der Waals surface area contributed by atoms with Crippen LogP contribution in [0.2, 0.25) is 0 Å². The maximum absolute atomic E-state index is 11.9. The van der Waals surface area contributed by atoms with Crippen LogP contribution in [0.15, 0.2) is 23.8 Å². The number of aliphatic hydroxyl groups is 9. The molecule has 0 radical (unpaired) electrons. The molecular weight excluding hydrogens is 680 g/mol. The highest BCUT2D eigenvalue weighted by molar-refractivity contribution is 5.28. The van der Waals surface area contributed by atoms with Gasteiger partial charge in [0.15, 0.2) is 18.4 Å². The largest absolute Gasteiger partial charge is 0.394 e. The van der Waals surface area contributed by atoms with Crippen LogP contribution in [-0.4, -0.2) is 145 Å². The van der Waals surface area contributed by atoms with E-state index in [4.69, 9.17) is 23.7 Å². The van der Waals surface area contributed by atoms with Crippen molar-refractivity contribution in [2.45, 2.75) is 152 Å². The van der Waals surface area contributed by atoms with E-state index in [9.17, 15) is 46.0 Å². The summed E-state index contributed by atoms with van der Waals surface area (Å²) in [5.41, 5.74) is 1.30. The lowest BCUT2D eigenvalue weighted by Crippen LogP contribution is -2.60. The third kappa shape index (κ3) is 6.36. The Morgan fingerprint density at radius 1 is 0.962 bits per heavy atom. The molecule has 3 saturated heterocycles. The van der Waals surface area contributed by atoms with Gasteiger partial charge in [-0.3, -0.25) is 0 Å². The van der Waals surface area contributed by atoms with Crippen molar-refractivity contribution in [2.24, 2.45) is 40.4 Å². The minimum absolute atomic E-state index is 0.0206. The van der Waals surface area contributed by atoms with Gasteiger partial charge in [0.25, 0.3) is 0 Å². The first-order valence-electron chi connectivity index (χ1n) is 19.2. The topological polar surface area (TPSA) is 228 Å². The molecule has 0 spiro atoms. The molecule has 296 valence electrons. The minimum atomic E-state index is -1.53. The molecule has 9 N–H and O–H groups in total. The van der Waals surface area contributed by atoms with Crippen molar-refractivity contribution < 1.29 is 69.6 Å². The third-order valence-corrected chi connectivity index (χ3v) is 14.7. The van der Waals surface area contributed by atoms with Crippen LogP contribution in [0, 0.1) is 40.4 Å². The molecule has 3 saturated carbocycles. The Kier molecular flexibility index (Phi) is 10.9. The van der Waals surface area contributed by atoms with E-state index in [-0.39, 0.29) is 42.5 Å². The van der Waals surface area contributed by atoms with Gasteiger partial charge in [0, 0.05) is 24.2 Å². The molecular formula is C38H60O14. The Labute approximate surface area is 305 Å². The van der Waals surface area contributed by atoms with Crippen LogP contribution in [0.4, 0.5) is 0 Å². The standard InChI is InChI=1S/C38H60O14/c1-17(15-48-34-33(46)31(44)30(43)26(14-39)50-34)7-10-38(47)18(2)28-25(52-38)13-23-21-6-5-19-11-20(40)12-27(37(19,4)22(21)8-9-36(23,28)3)51-35-32(45)29(42)24(41)16-49-35/h5,18,20-35,39-47H,1,6-16H2,2-4H3/t18-,20+,21-,22-,23+,24-,25-,26-,27-,28-,29+,30-,31+,32-,33-,34-,35+,36+,37-,38-/m0/s1. The van der Waals surface area contributed by atoms with Crippen LogP contribution in [-0.2, 0) is 23.7 Å². The molecule has 4 aliphatic carbocycles. The molecule has 20 atom stereocenters. The van der Waals surface area contributed by atoms with Crippen molar-refractivity contribution in [1.29, 1.82) is 0 Å². The maximum atomic E-state index is 11.9. The molecule has 52 heavy (non-hydrogen) atoms. The lowest BCUT2D eigenvalue weighted by molar-refractivity contribution is -0.300. The number of hydrogen-bond acceptors (Lipinski definition) is 14. The highest BCUT2D eigenvalue weighted by atomic mass is 16.7. The van der Waals surface area contributed by atoms with Crippen LogP contribution in [0.1, 0.15) is 72.1 Å². The van der Waals surface area contributed by atoms with E-state index in [0.717, 1.165) is 25.7 Å². The Hall–Kier alpha value is -1.08. The van der Waals surface area contributed by atoms with E-state index in [1.165, 1.54) is 5.57 Å². The van der Waals surface area contributed by atoms with Crippen molar-refractivity contribution in [3.8, 4) is 0 Å². The predicted octanol–water partition coefficient (Wildman–Crippen LogP) is -0.153. The van der Waals surface area contributed by atoms with Crippen molar-refractivity contribution in [3.63, 3.8) is 0 Å². The fraction of sp³-hybridized carbons (Fsp3) is 0.895. The Morgan fingerprint density at radius 3 is 2.42 bits per heavy atom. The van der Waals surface area contributed by atoms with Gasteiger partial charge in [-0.15, -0.1) is 0 Å². The third-order valence-electron chi connectivity index (χ3n) is 14.7. The summed E-state index contributed by atoms with van der Waals surface area (Å²) in [5.74, 6) is -0.465. The van der Waals surface area contributed by atoms with Crippen LogP contribution >= 0.6 is 0 Å². The molecule has 6 fully saturated rings. The molecule has 0 bridgehead atoms. The summed E-state index contributed by atoms with van der Waals surface area (Å²) >= 11 is 0. The highest BCUT2D eigenvalue weighted by Gasteiger charge is 2.68. The predicted molar refractivity (Wildman–Crippen MR) is 182 cm³/mol. The lowest BCUT2D eigenvalue weighted by atomic mass is 9.46. The van der Waals surface area contributed by atoms with Gasteiger partial charge >= 0.3 is 0 Å². The Balaban J connectivity index is 1.00. The summed E-state index contributed by atoms with van der Waals surface area (Å²) < 4.78 is 29.8. The number of allylic oxidation sites excluding steroid dienone is 1. The van der Waals surface area contributed by atoms with Gasteiger partial charge in [-0.25, -0.2) is 0 Å². The molecule has 0 aromatic heterocycles. The Morgan fingerprint density at radius 2 is 1.69 bits per heavy atom. The molecule has 0 aromatic rings. The summed E-state index contributed by atoms with van der Waals surface area (Å²) in [6.45, 7) is 10.0. The molecule has 0 unspecified atom stereocenters. The molecule has 0 aromatic carbocycles. The SMILES string of the molecule is C=C(CC[C@]1(O)O[C@H]2C[C@@H]3[C@H]4CC=C5C[C@@H](O)C[C@H](O[C@H]6OC[C@H](O)[C@@H](O)[C@@H]6O)[C@]5(C)[C@H]4CC[C@@]3(C)[C@H]2[C@@H]1C)CO[C@H]1O[C@@H](CO)[C@H](O)[C@@H](O)[C@@H]1O. The van der Waals surface area contributed by atoms with E-state index in [0.29, 0.717) is 43.1 Å². The quantitative estimate of drug-likeness (QED) is 0.140. The molecule has 7 aliphatic rings. The van der Waals surface area contributed by atoms with Gasteiger partial charge in [-0.05, 0) is 67.6 Å². The molecule has 0 amide bonds. The summed E-state index contributed by atoms with van der Waals surface area (Å²) in [4.78, 5) is 0. The zero-order chi connectivity index (χ0) is 37.5. The van der Waals surface area contributed by atoms with E-state index in [2.05, 4.69) is 33.4 Å². The minimum Gasteiger partial charge on any atom is -0.394 e. The number of rotatable bonds is 9.